The Kier molecular flexibility index (Phi) is 4.76. The number of likely N-dealkylation sites (tertiary alicyclic amines) is 1. The van der Waals surface area contributed by atoms with Gasteiger partial charge >= 0.3 is 0 Å². The Hall–Kier alpha value is -0.840. The lowest BCUT2D eigenvalue weighted by molar-refractivity contribution is -0.902. The summed E-state index contributed by atoms with van der Waals surface area (Å²) in [6, 6.07) is 4.89. The minimum Gasteiger partial charge on any atom is -0.468 e. The number of quaternary nitrogens is 1. The van der Waals surface area contributed by atoms with Gasteiger partial charge in [-0.2, -0.15) is 0 Å². The van der Waals surface area contributed by atoms with Gasteiger partial charge in [0, 0.05) is 32.2 Å². The van der Waals surface area contributed by atoms with Gasteiger partial charge in [-0.1, -0.05) is 0 Å². The third-order valence-electron chi connectivity index (χ3n) is 5.04. The van der Waals surface area contributed by atoms with Gasteiger partial charge < -0.3 is 9.32 Å². The van der Waals surface area contributed by atoms with Gasteiger partial charge in [0.25, 0.3) is 0 Å². The third-order valence-corrected chi connectivity index (χ3v) is 5.04. The van der Waals surface area contributed by atoms with Crippen molar-refractivity contribution >= 4 is 0 Å². The Morgan fingerprint density at radius 3 is 2.55 bits per heavy atom. The van der Waals surface area contributed by atoms with E-state index in [1.807, 2.05) is 6.07 Å². The number of hydrogen-bond donors (Lipinski definition) is 1. The van der Waals surface area contributed by atoms with Crippen molar-refractivity contribution in [3.05, 3.63) is 24.2 Å². The van der Waals surface area contributed by atoms with Gasteiger partial charge in [-0.15, -0.1) is 0 Å². The van der Waals surface area contributed by atoms with Crippen LogP contribution in [0.25, 0.3) is 0 Å². The predicted octanol–water partition coefficient (Wildman–Crippen LogP) is 0.464. The molecule has 112 valence electrons. The van der Waals surface area contributed by atoms with Crippen molar-refractivity contribution in [1.82, 2.24) is 9.80 Å². The molecule has 1 aromatic heterocycles. The van der Waals surface area contributed by atoms with E-state index >= 15 is 0 Å². The number of piperidine rings is 1. The number of piperazine rings is 1. The lowest BCUT2D eigenvalue weighted by Crippen LogP contribution is -3.14. The van der Waals surface area contributed by atoms with Gasteiger partial charge in [-0.05, 0) is 31.9 Å². The number of nitrogens with one attached hydrogen (secondary N) is 1. The summed E-state index contributed by atoms with van der Waals surface area (Å²) in [6.07, 6.45) is 4.42. The molecule has 20 heavy (non-hydrogen) atoms. The maximum Gasteiger partial charge on any atom is 0.117 e. The Morgan fingerprint density at radius 1 is 1.20 bits per heavy atom. The molecule has 0 aromatic carbocycles. The summed E-state index contributed by atoms with van der Waals surface area (Å²) in [5, 5.41) is 0. The largest absolute Gasteiger partial charge is 0.468 e. The average molecular weight is 278 g/mol. The van der Waals surface area contributed by atoms with Crippen LogP contribution in [0.2, 0.25) is 0 Å². The first-order chi connectivity index (χ1) is 9.85. The second-order valence-corrected chi connectivity index (χ2v) is 6.23. The number of likely N-dealkylation sites (N-methyl/N-ethyl adjacent to an activating group) is 1. The fourth-order valence-corrected chi connectivity index (χ4v) is 3.62. The smallest absolute Gasteiger partial charge is 0.117 e. The highest BCUT2D eigenvalue weighted by atomic mass is 16.3. The van der Waals surface area contributed by atoms with Crippen molar-refractivity contribution in [2.45, 2.75) is 32.4 Å². The molecule has 4 heteroatoms. The zero-order valence-electron chi connectivity index (χ0n) is 12.7. The molecule has 4 nitrogen and oxygen atoms in total. The van der Waals surface area contributed by atoms with E-state index in [4.69, 9.17) is 4.42 Å². The fourth-order valence-electron chi connectivity index (χ4n) is 3.62. The highest BCUT2D eigenvalue weighted by Crippen LogP contribution is 2.18. The van der Waals surface area contributed by atoms with Crippen LogP contribution in [-0.4, -0.2) is 61.7 Å². The summed E-state index contributed by atoms with van der Waals surface area (Å²) < 4.78 is 5.45. The highest BCUT2D eigenvalue weighted by molar-refractivity contribution is 4.98. The van der Waals surface area contributed by atoms with Crippen LogP contribution < -0.4 is 4.90 Å². The molecule has 2 aliphatic heterocycles. The normalized spacial score (nSPS) is 24.2. The maximum absolute atomic E-state index is 5.45. The number of rotatable bonds is 4. The molecule has 2 fully saturated rings. The molecule has 3 heterocycles. The summed E-state index contributed by atoms with van der Waals surface area (Å²) in [4.78, 5) is 7.04. The minimum atomic E-state index is 0.821. The first-order valence-corrected chi connectivity index (χ1v) is 8.17. The molecular formula is C16H28N3O+. The lowest BCUT2D eigenvalue weighted by Gasteiger charge is -2.41. The van der Waals surface area contributed by atoms with Crippen molar-refractivity contribution < 1.29 is 9.32 Å². The van der Waals surface area contributed by atoms with E-state index < -0.39 is 0 Å². The van der Waals surface area contributed by atoms with E-state index in [0.29, 0.717) is 0 Å². The molecule has 0 bridgehead atoms. The molecule has 1 N–H and O–H groups in total. The summed E-state index contributed by atoms with van der Waals surface area (Å²) in [6.45, 7) is 12.3. The molecule has 0 aliphatic carbocycles. The van der Waals surface area contributed by atoms with Crippen LogP contribution in [-0.2, 0) is 6.54 Å². The maximum atomic E-state index is 5.45. The predicted molar refractivity (Wildman–Crippen MR) is 79.8 cm³/mol. The topological polar surface area (TPSA) is 24.1 Å². The van der Waals surface area contributed by atoms with Crippen LogP contribution in [0.15, 0.2) is 22.8 Å². The SMILES string of the molecule is CC[NH+]1CCN(C2CCN(Cc3ccco3)CC2)CC1. The van der Waals surface area contributed by atoms with Crippen molar-refractivity contribution in [2.24, 2.45) is 0 Å². The third kappa shape index (κ3) is 3.43. The van der Waals surface area contributed by atoms with Crippen LogP contribution in [0, 0.1) is 0 Å². The lowest BCUT2D eigenvalue weighted by atomic mass is 10.0. The summed E-state index contributed by atoms with van der Waals surface area (Å²) >= 11 is 0. The van der Waals surface area contributed by atoms with Crippen LogP contribution in [0.5, 0.6) is 0 Å². The molecule has 0 unspecified atom stereocenters. The van der Waals surface area contributed by atoms with Crippen LogP contribution in [0.3, 0.4) is 0 Å². The van der Waals surface area contributed by atoms with Gasteiger partial charge in [0.05, 0.1) is 32.4 Å². The Bertz CT molecular complexity index is 376. The fraction of sp³-hybridized carbons (Fsp3) is 0.750. The van der Waals surface area contributed by atoms with Crippen molar-refractivity contribution in [3.8, 4) is 0 Å². The quantitative estimate of drug-likeness (QED) is 0.866. The molecule has 0 radical (unpaired) electrons. The van der Waals surface area contributed by atoms with Crippen LogP contribution in [0.1, 0.15) is 25.5 Å². The number of furan rings is 1. The van der Waals surface area contributed by atoms with E-state index in [1.165, 1.54) is 58.7 Å². The summed E-state index contributed by atoms with van der Waals surface area (Å²) in [7, 11) is 0. The second kappa shape index (κ2) is 6.74. The molecule has 0 amide bonds. The highest BCUT2D eigenvalue weighted by Gasteiger charge is 2.28. The standard InChI is InChI=1S/C16H27N3O/c1-2-17-9-11-19(12-10-17)15-5-7-18(8-6-15)14-16-4-3-13-20-16/h3-4,13,15H,2,5-12,14H2,1H3/p+1. The van der Waals surface area contributed by atoms with Gasteiger partial charge in [0.2, 0.25) is 0 Å². The molecule has 1 aromatic rings. The second-order valence-electron chi connectivity index (χ2n) is 6.23. The molecule has 2 saturated heterocycles. The molecule has 3 rings (SSSR count). The average Bonchev–Trinajstić information content (AvgIpc) is 3.01. The monoisotopic (exact) mass is 278 g/mol. The molecule has 0 spiro atoms. The zero-order chi connectivity index (χ0) is 13.8. The Balaban J connectivity index is 1.42. The zero-order valence-corrected chi connectivity index (χ0v) is 12.7. The van der Waals surface area contributed by atoms with Crippen molar-refractivity contribution in [3.63, 3.8) is 0 Å². The summed E-state index contributed by atoms with van der Waals surface area (Å²) in [5.74, 6) is 1.10. The first-order valence-electron chi connectivity index (χ1n) is 8.17. The Morgan fingerprint density at radius 2 is 1.95 bits per heavy atom. The van der Waals surface area contributed by atoms with E-state index in [9.17, 15) is 0 Å². The van der Waals surface area contributed by atoms with Gasteiger partial charge in [-0.3, -0.25) is 9.80 Å². The van der Waals surface area contributed by atoms with Crippen molar-refractivity contribution in [1.29, 1.82) is 0 Å². The Labute approximate surface area is 122 Å². The van der Waals surface area contributed by atoms with Gasteiger partial charge in [0.15, 0.2) is 0 Å². The van der Waals surface area contributed by atoms with Gasteiger partial charge in [-0.25, -0.2) is 0 Å². The molecule has 2 aliphatic rings. The van der Waals surface area contributed by atoms with Crippen molar-refractivity contribution in [2.75, 3.05) is 45.8 Å². The van der Waals surface area contributed by atoms with E-state index in [-0.39, 0.29) is 0 Å². The number of nitrogens with zero attached hydrogens (tertiary/aromatic N) is 2. The molecular weight excluding hydrogens is 250 g/mol. The summed E-state index contributed by atoms with van der Waals surface area (Å²) in [5.41, 5.74) is 0. The van der Waals surface area contributed by atoms with Crippen LogP contribution in [0.4, 0.5) is 0 Å². The van der Waals surface area contributed by atoms with Gasteiger partial charge in [0.1, 0.15) is 5.76 Å². The minimum absolute atomic E-state index is 0.821. The van der Waals surface area contributed by atoms with Crippen LogP contribution >= 0.6 is 0 Å². The molecule has 0 saturated carbocycles. The van der Waals surface area contributed by atoms with E-state index in [1.54, 1.807) is 11.2 Å². The first kappa shape index (κ1) is 14.1. The van der Waals surface area contributed by atoms with E-state index in [2.05, 4.69) is 22.8 Å². The van der Waals surface area contributed by atoms with E-state index in [0.717, 1.165) is 18.3 Å². The number of hydrogen-bond acceptors (Lipinski definition) is 3. The molecule has 0 atom stereocenters.